The third-order valence-electron chi connectivity index (χ3n) is 3.41. The Morgan fingerprint density at radius 1 is 1.69 bits per heavy atom. The molecule has 0 amide bonds. The largest absolute Gasteiger partial charge is 0.299 e. The topological polar surface area (TPSA) is 17.1 Å². The molecule has 1 heteroatoms. The molecule has 0 bridgehead atoms. The Balaban J connectivity index is 2.89. The average molecular weight is 178 g/mol. The summed E-state index contributed by atoms with van der Waals surface area (Å²) in [6.07, 6.45) is 7.67. The Bertz CT molecular complexity index is 246. The van der Waals surface area contributed by atoms with E-state index in [9.17, 15) is 4.79 Å². The smallest absolute Gasteiger partial charge is 0.140 e. The van der Waals surface area contributed by atoms with E-state index in [-0.39, 0.29) is 5.41 Å². The summed E-state index contributed by atoms with van der Waals surface area (Å²) in [6.45, 7) is 6.39. The van der Waals surface area contributed by atoms with Gasteiger partial charge in [0.1, 0.15) is 5.78 Å². The first kappa shape index (κ1) is 10.3. The van der Waals surface area contributed by atoms with Crippen LogP contribution in [-0.4, -0.2) is 5.78 Å². The second-order valence-electron chi connectivity index (χ2n) is 4.61. The quantitative estimate of drug-likeness (QED) is 0.594. The first-order valence-electron chi connectivity index (χ1n) is 4.99. The molecule has 0 aromatic carbocycles. The van der Waals surface area contributed by atoms with Gasteiger partial charge in [-0.25, -0.2) is 0 Å². The highest BCUT2D eigenvalue weighted by molar-refractivity contribution is 5.87. The molecule has 0 aromatic heterocycles. The molecule has 0 spiro atoms. The molecule has 1 saturated carbocycles. The van der Waals surface area contributed by atoms with Gasteiger partial charge in [-0.2, -0.15) is 0 Å². The highest BCUT2D eigenvalue weighted by atomic mass is 16.1. The number of hydrogen-bond acceptors (Lipinski definition) is 1. The van der Waals surface area contributed by atoms with Crippen LogP contribution in [0.2, 0.25) is 0 Å². The fraction of sp³-hybridized carbons (Fsp3) is 0.750. The SMILES string of the molecule is C#CCC1(C)C(=O)CCC1C(C)C. The predicted octanol–water partition coefficient (Wildman–Crippen LogP) is 2.65. The van der Waals surface area contributed by atoms with E-state index in [0.29, 0.717) is 24.0 Å². The number of rotatable bonds is 2. The molecule has 72 valence electrons. The summed E-state index contributed by atoms with van der Waals surface area (Å²) in [4.78, 5) is 11.7. The van der Waals surface area contributed by atoms with Gasteiger partial charge in [-0.3, -0.25) is 4.79 Å². The highest BCUT2D eigenvalue weighted by Gasteiger charge is 2.46. The lowest BCUT2D eigenvalue weighted by atomic mass is 9.71. The molecule has 2 atom stereocenters. The third kappa shape index (κ3) is 1.63. The van der Waals surface area contributed by atoms with Crippen molar-refractivity contribution in [3.63, 3.8) is 0 Å². The number of carbonyl (C=O) groups is 1. The second kappa shape index (κ2) is 3.54. The molecule has 13 heavy (non-hydrogen) atoms. The minimum atomic E-state index is -0.233. The van der Waals surface area contributed by atoms with E-state index in [1.54, 1.807) is 0 Å². The van der Waals surface area contributed by atoms with E-state index < -0.39 is 0 Å². The van der Waals surface area contributed by atoms with Crippen LogP contribution < -0.4 is 0 Å². The molecular formula is C12H18O. The maximum atomic E-state index is 11.7. The third-order valence-corrected chi connectivity index (χ3v) is 3.41. The van der Waals surface area contributed by atoms with Crippen molar-refractivity contribution in [3.8, 4) is 12.3 Å². The van der Waals surface area contributed by atoms with Gasteiger partial charge in [0, 0.05) is 18.3 Å². The minimum absolute atomic E-state index is 0.233. The summed E-state index contributed by atoms with van der Waals surface area (Å²) in [6, 6.07) is 0. The summed E-state index contributed by atoms with van der Waals surface area (Å²) >= 11 is 0. The van der Waals surface area contributed by atoms with Crippen LogP contribution in [0.25, 0.3) is 0 Å². The molecule has 2 unspecified atom stereocenters. The fourth-order valence-corrected chi connectivity index (χ4v) is 2.61. The Morgan fingerprint density at radius 2 is 2.31 bits per heavy atom. The molecule has 0 aliphatic heterocycles. The van der Waals surface area contributed by atoms with Crippen molar-refractivity contribution < 1.29 is 4.79 Å². The lowest BCUT2D eigenvalue weighted by Crippen LogP contribution is -2.31. The summed E-state index contributed by atoms with van der Waals surface area (Å²) < 4.78 is 0. The van der Waals surface area contributed by atoms with Gasteiger partial charge in [0.15, 0.2) is 0 Å². The van der Waals surface area contributed by atoms with Crippen LogP contribution in [0.1, 0.15) is 40.0 Å². The van der Waals surface area contributed by atoms with Crippen LogP contribution in [0.3, 0.4) is 0 Å². The van der Waals surface area contributed by atoms with Crippen LogP contribution >= 0.6 is 0 Å². The van der Waals surface area contributed by atoms with Gasteiger partial charge in [0.25, 0.3) is 0 Å². The molecule has 1 fully saturated rings. The molecule has 1 aliphatic carbocycles. The van der Waals surface area contributed by atoms with Crippen molar-refractivity contribution in [1.29, 1.82) is 0 Å². The molecule has 1 nitrogen and oxygen atoms in total. The second-order valence-corrected chi connectivity index (χ2v) is 4.61. The van der Waals surface area contributed by atoms with E-state index in [4.69, 9.17) is 6.42 Å². The number of terminal acetylenes is 1. The summed E-state index contributed by atoms with van der Waals surface area (Å²) in [7, 11) is 0. The van der Waals surface area contributed by atoms with Gasteiger partial charge in [-0.15, -0.1) is 12.3 Å². The molecule has 0 heterocycles. The Kier molecular flexibility index (Phi) is 2.81. The van der Waals surface area contributed by atoms with Crippen LogP contribution in [-0.2, 0) is 4.79 Å². The van der Waals surface area contributed by atoms with Gasteiger partial charge in [0.2, 0.25) is 0 Å². The molecule has 1 rings (SSSR count). The first-order valence-corrected chi connectivity index (χ1v) is 4.99. The van der Waals surface area contributed by atoms with E-state index in [0.717, 1.165) is 12.8 Å². The van der Waals surface area contributed by atoms with Crippen LogP contribution in [0, 0.1) is 29.6 Å². The normalized spacial score (nSPS) is 33.8. The first-order chi connectivity index (χ1) is 6.02. The van der Waals surface area contributed by atoms with Crippen molar-refractivity contribution >= 4 is 5.78 Å². The lowest BCUT2D eigenvalue weighted by molar-refractivity contribution is -0.126. The van der Waals surface area contributed by atoms with Gasteiger partial charge in [-0.05, 0) is 18.3 Å². The summed E-state index contributed by atoms with van der Waals surface area (Å²) in [5.74, 6) is 4.05. The van der Waals surface area contributed by atoms with E-state index in [1.807, 2.05) is 6.92 Å². The maximum absolute atomic E-state index is 11.7. The molecule has 0 saturated heterocycles. The maximum Gasteiger partial charge on any atom is 0.140 e. The number of Topliss-reactive ketones (excluding diaryl/α,β-unsaturated/α-hetero) is 1. The molecule has 0 N–H and O–H groups in total. The Morgan fingerprint density at radius 3 is 2.77 bits per heavy atom. The van der Waals surface area contributed by atoms with Crippen molar-refractivity contribution in [2.45, 2.75) is 40.0 Å². The molecular weight excluding hydrogens is 160 g/mol. The summed E-state index contributed by atoms with van der Waals surface area (Å²) in [5.41, 5.74) is -0.233. The van der Waals surface area contributed by atoms with Gasteiger partial charge in [0.05, 0.1) is 0 Å². The predicted molar refractivity (Wildman–Crippen MR) is 54.1 cm³/mol. The zero-order valence-electron chi connectivity index (χ0n) is 8.76. The van der Waals surface area contributed by atoms with E-state index >= 15 is 0 Å². The van der Waals surface area contributed by atoms with Gasteiger partial charge in [-0.1, -0.05) is 20.8 Å². The zero-order chi connectivity index (χ0) is 10.1. The number of hydrogen-bond donors (Lipinski definition) is 0. The van der Waals surface area contributed by atoms with Gasteiger partial charge < -0.3 is 0 Å². The van der Waals surface area contributed by atoms with Crippen molar-refractivity contribution in [2.24, 2.45) is 17.3 Å². The van der Waals surface area contributed by atoms with E-state index in [2.05, 4.69) is 19.8 Å². The van der Waals surface area contributed by atoms with Crippen LogP contribution in [0.5, 0.6) is 0 Å². The molecule has 0 aromatic rings. The number of ketones is 1. The van der Waals surface area contributed by atoms with Gasteiger partial charge >= 0.3 is 0 Å². The Hall–Kier alpha value is -0.770. The summed E-state index contributed by atoms with van der Waals surface area (Å²) in [5, 5.41) is 0. The molecule has 0 radical (unpaired) electrons. The highest BCUT2D eigenvalue weighted by Crippen LogP contribution is 2.46. The minimum Gasteiger partial charge on any atom is -0.299 e. The fourth-order valence-electron chi connectivity index (χ4n) is 2.61. The van der Waals surface area contributed by atoms with Crippen molar-refractivity contribution in [2.75, 3.05) is 0 Å². The zero-order valence-corrected chi connectivity index (χ0v) is 8.76. The van der Waals surface area contributed by atoms with Crippen molar-refractivity contribution in [3.05, 3.63) is 0 Å². The number of carbonyl (C=O) groups excluding carboxylic acids is 1. The molecule has 1 aliphatic rings. The Labute approximate surface area is 80.9 Å². The lowest BCUT2D eigenvalue weighted by Gasteiger charge is -2.30. The van der Waals surface area contributed by atoms with Crippen molar-refractivity contribution in [1.82, 2.24) is 0 Å². The van der Waals surface area contributed by atoms with Crippen LogP contribution in [0.4, 0.5) is 0 Å². The van der Waals surface area contributed by atoms with Crippen LogP contribution in [0.15, 0.2) is 0 Å². The monoisotopic (exact) mass is 178 g/mol. The standard InChI is InChI=1S/C12H18O/c1-5-8-12(4)10(9(2)3)6-7-11(12)13/h1,9-10H,6-8H2,2-4H3. The average Bonchev–Trinajstić information content (AvgIpc) is 2.29. The van der Waals surface area contributed by atoms with E-state index in [1.165, 1.54) is 0 Å².